The number of hydrogen-bond acceptors (Lipinski definition) is 6. The quantitative estimate of drug-likeness (QED) is 0.498. The molecule has 0 aliphatic carbocycles. The maximum atomic E-state index is 13.2. The number of fused-ring (bicyclic) bond motifs is 7. The van der Waals surface area contributed by atoms with Crippen LogP contribution in [-0.4, -0.2) is 43.6 Å². The first-order valence-electron chi connectivity index (χ1n) is 10.6. The summed E-state index contributed by atoms with van der Waals surface area (Å²) in [5.41, 5.74) is 4.46. The van der Waals surface area contributed by atoms with Crippen LogP contribution in [0.25, 0.3) is 16.7 Å². The van der Waals surface area contributed by atoms with Crippen LogP contribution in [0.5, 0.6) is 0 Å². The number of carbonyl (C=O) groups is 1. The summed E-state index contributed by atoms with van der Waals surface area (Å²) in [5, 5.41) is 10.7. The Kier molecular flexibility index (Phi) is 3.55. The number of aromatic amines is 1. The van der Waals surface area contributed by atoms with Crippen LogP contribution in [0.3, 0.4) is 0 Å². The lowest BCUT2D eigenvalue weighted by Crippen LogP contribution is -2.32. The van der Waals surface area contributed by atoms with E-state index in [1.807, 2.05) is 15.4 Å². The van der Waals surface area contributed by atoms with Crippen molar-refractivity contribution in [2.45, 2.75) is 37.8 Å². The number of ether oxygens (including phenoxy) is 1. The van der Waals surface area contributed by atoms with Gasteiger partial charge in [-0.15, -0.1) is 21.5 Å². The normalized spacial score (nSPS) is 21.0. The van der Waals surface area contributed by atoms with E-state index >= 15 is 0 Å². The van der Waals surface area contributed by atoms with E-state index in [2.05, 4.69) is 32.7 Å². The molecule has 0 radical (unpaired) electrons. The Morgan fingerprint density at radius 2 is 2.03 bits per heavy atom. The average molecular weight is 433 g/mol. The van der Waals surface area contributed by atoms with Gasteiger partial charge in [-0.3, -0.25) is 14.0 Å². The van der Waals surface area contributed by atoms with Crippen LogP contribution in [-0.2, 0) is 17.7 Å². The molecule has 156 valence electrons. The van der Waals surface area contributed by atoms with Gasteiger partial charge in [0.25, 0.3) is 11.5 Å². The molecule has 0 bridgehead atoms. The van der Waals surface area contributed by atoms with Crippen molar-refractivity contribution in [1.82, 2.24) is 24.5 Å². The monoisotopic (exact) mass is 433 g/mol. The van der Waals surface area contributed by atoms with Gasteiger partial charge in [0.15, 0.2) is 0 Å². The fourth-order valence-electron chi connectivity index (χ4n) is 5.34. The van der Waals surface area contributed by atoms with Gasteiger partial charge >= 0.3 is 0 Å². The second-order valence-electron chi connectivity index (χ2n) is 8.54. The fraction of sp³-hybridized carbons (Fsp3) is 0.364. The molecule has 31 heavy (non-hydrogen) atoms. The highest BCUT2D eigenvalue weighted by Gasteiger charge is 2.40. The maximum absolute atomic E-state index is 13.2. The summed E-state index contributed by atoms with van der Waals surface area (Å²) in [4.78, 5) is 32.2. The third-order valence-corrected chi connectivity index (χ3v) is 7.90. The minimum Gasteiger partial charge on any atom is -0.381 e. The largest absolute Gasteiger partial charge is 0.381 e. The third kappa shape index (κ3) is 2.38. The van der Waals surface area contributed by atoms with Gasteiger partial charge in [-0.05, 0) is 47.5 Å². The fourth-order valence-corrected chi connectivity index (χ4v) is 6.28. The molecular formula is C22H19N5O3S. The van der Waals surface area contributed by atoms with Crippen molar-refractivity contribution < 1.29 is 9.53 Å². The number of rotatable bonds is 1. The lowest BCUT2D eigenvalue weighted by atomic mass is 9.96. The van der Waals surface area contributed by atoms with Crippen molar-refractivity contribution in [3.8, 4) is 0 Å². The highest BCUT2D eigenvalue weighted by molar-refractivity contribution is 7.10. The number of nitrogens with one attached hydrogen (secondary N) is 1. The highest BCUT2D eigenvalue weighted by Crippen LogP contribution is 2.43. The second-order valence-corrected chi connectivity index (χ2v) is 9.54. The zero-order valence-electron chi connectivity index (χ0n) is 16.6. The SMILES string of the molecule is O=C1c2cc3[nH]c(=O)c4nnc(C5CCOCC5)n4c3cc2C2Cc3sccc3CN12. The van der Waals surface area contributed by atoms with E-state index in [1.165, 1.54) is 10.4 Å². The Labute approximate surface area is 180 Å². The van der Waals surface area contributed by atoms with Crippen LogP contribution in [0.15, 0.2) is 28.4 Å². The number of aromatic nitrogens is 4. The number of benzene rings is 1. The van der Waals surface area contributed by atoms with Crippen LogP contribution in [0.2, 0.25) is 0 Å². The number of thiophene rings is 1. The highest BCUT2D eigenvalue weighted by atomic mass is 32.1. The zero-order valence-corrected chi connectivity index (χ0v) is 17.4. The molecule has 3 aromatic heterocycles. The molecule has 4 aromatic rings. The lowest BCUT2D eigenvalue weighted by molar-refractivity contribution is 0.0695. The molecule has 1 saturated heterocycles. The molecule has 1 aromatic carbocycles. The van der Waals surface area contributed by atoms with Crippen LogP contribution < -0.4 is 5.56 Å². The van der Waals surface area contributed by atoms with E-state index < -0.39 is 0 Å². The summed E-state index contributed by atoms with van der Waals surface area (Å²) < 4.78 is 7.41. The van der Waals surface area contributed by atoms with E-state index in [1.54, 1.807) is 11.3 Å². The summed E-state index contributed by atoms with van der Waals surface area (Å²) in [6.07, 6.45) is 2.55. The Bertz CT molecular complexity index is 1440. The average Bonchev–Trinajstić information content (AvgIpc) is 3.50. The van der Waals surface area contributed by atoms with Gasteiger partial charge in [-0.2, -0.15) is 0 Å². The van der Waals surface area contributed by atoms with Crippen LogP contribution in [0.4, 0.5) is 0 Å². The molecule has 0 saturated carbocycles. The Balaban J connectivity index is 1.46. The third-order valence-electron chi connectivity index (χ3n) is 6.92. The minimum absolute atomic E-state index is 0.0306. The van der Waals surface area contributed by atoms with Crippen molar-refractivity contribution in [3.63, 3.8) is 0 Å². The molecule has 9 heteroatoms. The molecule has 1 unspecified atom stereocenters. The molecule has 1 N–H and O–H groups in total. The van der Waals surface area contributed by atoms with Crippen molar-refractivity contribution in [3.05, 3.63) is 61.3 Å². The number of hydrogen-bond donors (Lipinski definition) is 1. The number of nitrogens with zero attached hydrogens (tertiary/aromatic N) is 4. The summed E-state index contributed by atoms with van der Waals surface area (Å²) in [5.74, 6) is 1.04. The first-order chi connectivity index (χ1) is 15.2. The molecule has 1 amide bonds. The standard InChI is InChI=1S/C22H19N5O3S/c28-21-20-25-24-19(11-1-4-30-5-2-11)27(20)17-8-13-14(7-15(17)23-21)22(29)26-10-12-3-6-31-18(12)9-16(13)26/h3,6-8,11,16H,1-2,4-5,9-10H2,(H,23,28). The predicted molar refractivity (Wildman–Crippen MR) is 115 cm³/mol. The summed E-state index contributed by atoms with van der Waals surface area (Å²) in [7, 11) is 0. The lowest BCUT2D eigenvalue weighted by Gasteiger charge is -2.30. The molecule has 8 nitrogen and oxygen atoms in total. The van der Waals surface area contributed by atoms with Crippen molar-refractivity contribution >= 4 is 33.9 Å². The number of H-pyrrole nitrogens is 1. The van der Waals surface area contributed by atoms with Crippen molar-refractivity contribution in [1.29, 1.82) is 0 Å². The first kappa shape index (κ1) is 17.6. The molecule has 3 aliphatic heterocycles. The maximum Gasteiger partial charge on any atom is 0.294 e. The van der Waals surface area contributed by atoms with Crippen LogP contribution in [0.1, 0.15) is 57.0 Å². The predicted octanol–water partition coefficient (Wildman–Crippen LogP) is 2.78. The number of carbonyl (C=O) groups excluding carboxylic acids is 1. The van der Waals surface area contributed by atoms with Crippen molar-refractivity contribution in [2.24, 2.45) is 0 Å². The van der Waals surface area contributed by atoms with Gasteiger partial charge in [-0.25, -0.2) is 0 Å². The van der Waals surface area contributed by atoms with Gasteiger partial charge in [0.2, 0.25) is 5.65 Å². The van der Waals surface area contributed by atoms with E-state index in [4.69, 9.17) is 4.74 Å². The van der Waals surface area contributed by atoms with Gasteiger partial charge in [0.05, 0.1) is 17.1 Å². The molecule has 1 fully saturated rings. The van der Waals surface area contributed by atoms with Gasteiger partial charge in [-0.1, -0.05) is 0 Å². The first-order valence-corrected chi connectivity index (χ1v) is 11.5. The second kappa shape index (κ2) is 6.24. The molecule has 1 atom stereocenters. The van der Waals surface area contributed by atoms with Crippen LogP contribution in [0, 0.1) is 0 Å². The van der Waals surface area contributed by atoms with Gasteiger partial charge in [0, 0.05) is 42.5 Å². The molecular weight excluding hydrogens is 414 g/mol. The minimum atomic E-state index is -0.288. The summed E-state index contributed by atoms with van der Waals surface area (Å²) in [6.45, 7) is 2.01. The topological polar surface area (TPSA) is 92.6 Å². The van der Waals surface area contributed by atoms with Gasteiger partial charge < -0.3 is 14.6 Å². The number of amides is 1. The van der Waals surface area contributed by atoms with E-state index in [0.29, 0.717) is 36.5 Å². The molecule has 3 aliphatic rings. The van der Waals surface area contributed by atoms with Gasteiger partial charge in [0.1, 0.15) is 5.82 Å². The summed E-state index contributed by atoms with van der Waals surface area (Å²) >= 11 is 1.76. The Hall–Kier alpha value is -3.04. The van der Waals surface area contributed by atoms with E-state index in [0.717, 1.165) is 36.2 Å². The zero-order chi connectivity index (χ0) is 20.7. The molecule has 0 spiro atoms. The Morgan fingerprint density at radius 3 is 2.90 bits per heavy atom. The Morgan fingerprint density at radius 1 is 1.16 bits per heavy atom. The van der Waals surface area contributed by atoms with E-state index in [9.17, 15) is 9.59 Å². The molecule has 6 heterocycles. The van der Waals surface area contributed by atoms with E-state index in [-0.39, 0.29) is 23.4 Å². The smallest absolute Gasteiger partial charge is 0.294 e. The summed E-state index contributed by atoms with van der Waals surface area (Å²) in [6, 6.07) is 6.05. The van der Waals surface area contributed by atoms with Crippen LogP contribution >= 0.6 is 11.3 Å². The molecule has 7 rings (SSSR count). The van der Waals surface area contributed by atoms with Crippen molar-refractivity contribution in [2.75, 3.05) is 13.2 Å².